The summed E-state index contributed by atoms with van der Waals surface area (Å²) in [5.41, 5.74) is 3.33. The number of hydrogen-bond acceptors (Lipinski definition) is 5. The van der Waals surface area contributed by atoms with Crippen molar-refractivity contribution in [1.82, 2.24) is 4.98 Å². The number of thiazole rings is 1. The van der Waals surface area contributed by atoms with Gasteiger partial charge in [-0.05, 0) is 24.6 Å². The van der Waals surface area contributed by atoms with E-state index in [9.17, 15) is 14.7 Å². The number of amides is 1. The number of fused-ring (bicyclic) bond motifs is 1. The Labute approximate surface area is 162 Å². The predicted octanol–water partition coefficient (Wildman–Crippen LogP) is 5.28. The molecule has 4 aromatic rings. The van der Waals surface area contributed by atoms with Crippen LogP contribution < -0.4 is 5.32 Å². The average molecular weight is 394 g/mol. The molecule has 0 atom stereocenters. The second-order valence-corrected chi connectivity index (χ2v) is 7.88. The first kappa shape index (κ1) is 17.4. The van der Waals surface area contributed by atoms with Crippen LogP contribution in [0.4, 0.5) is 5.00 Å². The molecule has 0 aliphatic heterocycles. The van der Waals surface area contributed by atoms with E-state index < -0.39 is 11.9 Å². The molecule has 2 heterocycles. The minimum atomic E-state index is -1.08. The van der Waals surface area contributed by atoms with Gasteiger partial charge in [-0.15, -0.1) is 22.7 Å². The lowest BCUT2D eigenvalue weighted by Gasteiger charge is -2.05. The number of carboxylic acids is 1. The molecule has 0 radical (unpaired) electrons. The minimum absolute atomic E-state index is 0.0957. The summed E-state index contributed by atoms with van der Waals surface area (Å²) in [5, 5.41) is 14.8. The van der Waals surface area contributed by atoms with E-state index in [1.807, 2.05) is 55.5 Å². The number of carbonyl (C=O) groups excluding carboxylic acids is 1. The molecule has 134 valence electrons. The number of nitrogens with one attached hydrogen (secondary N) is 1. The number of rotatable bonds is 4. The van der Waals surface area contributed by atoms with Gasteiger partial charge in [0, 0.05) is 10.9 Å². The number of hydrogen-bond donors (Lipinski definition) is 2. The monoisotopic (exact) mass is 394 g/mol. The van der Waals surface area contributed by atoms with Gasteiger partial charge in [0.05, 0.1) is 10.2 Å². The first-order valence-corrected chi connectivity index (χ1v) is 9.81. The Morgan fingerprint density at radius 1 is 1.07 bits per heavy atom. The summed E-state index contributed by atoms with van der Waals surface area (Å²) in [5.74, 6) is -1.48. The molecule has 2 N–H and O–H groups in total. The molecule has 0 spiro atoms. The van der Waals surface area contributed by atoms with Crippen LogP contribution in [0.3, 0.4) is 0 Å². The first-order valence-electron chi connectivity index (χ1n) is 8.11. The van der Waals surface area contributed by atoms with E-state index >= 15 is 0 Å². The van der Waals surface area contributed by atoms with Crippen molar-refractivity contribution >= 4 is 49.8 Å². The maximum Gasteiger partial charge on any atom is 0.339 e. The number of anilines is 1. The fraction of sp³-hybridized carbons (Fsp3) is 0.0500. The van der Waals surface area contributed by atoms with E-state index in [1.165, 1.54) is 22.7 Å². The zero-order chi connectivity index (χ0) is 19.0. The van der Waals surface area contributed by atoms with Crippen LogP contribution in [0.2, 0.25) is 0 Å². The Bertz CT molecular complexity index is 1130. The number of carboxylic acid groups (broad SMARTS) is 1. The van der Waals surface area contributed by atoms with Crippen molar-refractivity contribution in [2.75, 3.05) is 5.32 Å². The van der Waals surface area contributed by atoms with E-state index in [4.69, 9.17) is 0 Å². The number of aromatic nitrogens is 1. The van der Waals surface area contributed by atoms with Gasteiger partial charge >= 0.3 is 5.97 Å². The molecule has 0 saturated heterocycles. The van der Waals surface area contributed by atoms with Crippen molar-refractivity contribution in [2.24, 2.45) is 0 Å². The van der Waals surface area contributed by atoms with Gasteiger partial charge in [0.25, 0.3) is 5.91 Å². The van der Waals surface area contributed by atoms with Crippen LogP contribution in [-0.4, -0.2) is 22.0 Å². The maximum absolute atomic E-state index is 12.6. The molecule has 7 heteroatoms. The molecule has 5 nitrogen and oxygen atoms in total. The van der Waals surface area contributed by atoms with Gasteiger partial charge in [0.1, 0.15) is 10.6 Å². The highest BCUT2D eigenvalue weighted by Crippen LogP contribution is 2.36. The highest BCUT2D eigenvalue weighted by atomic mass is 32.1. The molecule has 4 rings (SSSR count). The molecule has 0 saturated carbocycles. The van der Waals surface area contributed by atoms with Crippen LogP contribution in [0, 0.1) is 6.92 Å². The van der Waals surface area contributed by atoms with Crippen LogP contribution in [0.25, 0.3) is 21.3 Å². The lowest BCUT2D eigenvalue weighted by atomic mass is 10.0. The van der Waals surface area contributed by atoms with Crippen molar-refractivity contribution in [2.45, 2.75) is 6.92 Å². The number of benzene rings is 2. The molecular weight excluding hydrogens is 380 g/mol. The zero-order valence-electron chi connectivity index (χ0n) is 14.2. The first-order chi connectivity index (χ1) is 13.0. The van der Waals surface area contributed by atoms with Gasteiger partial charge in [0.2, 0.25) is 0 Å². The molecule has 27 heavy (non-hydrogen) atoms. The maximum atomic E-state index is 12.6. The summed E-state index contributed by atoms with van der Waals surface area (Å²) in [7, 11) is 0. The number of aromatic carboxylic acids is 1. The van der Waals surface area contributed by atoms with Gasteiger partial charge < -0.3 is 10.4 Å². The van der Waals surface area contributed by atoms with Crippen molar-refractivity contribution < 1.29 is 14.7 Å². The van der Waals surface area contributed by atoms with Crippen LogP contribution in [0.5, 0.6) is 0 Å². The summed E-state index contributed by atoms with van der Waals surface area (Å²) in [4.78, 5) is 28.8. The summed E-state index contributed by atoms with van der Waals surface area (Å²) >= 11 is 2.48. The van der Waals surface area contributed by atoms with Crippen molar-refractivity contribution in [3.8, 4) is 11.1 Å². The summed E-state index contributed by atoms with van der Waals surface area (Å²) < 4.78 is 0.910. The zero-order valence-corrected chi connectivity index (χ0v) is 15.9. The topological polar surface area (TPSA) is 79.3 Å². The fourth-order valence-electron chi connectivity index (χ4n) is 2.73. The molecule has 0 unspecified atom stereocenters. The molecule has 0 aliphatic carbocycles. The quantitative estimate of drug-likeness (QED) is 0.493. The number of thiophene rings is 1. The van der Waals surface area contributed by atoms with Gasteiger partial charge in [0.15, 0.2) is 5.01 Å². The highest BCUT2D eigenvalue weighted by Gasteiger charge is 2.22. The third kappa shape index (κ3) is 3.34. The lowest BCUT2D eigenvalue weighted by molar-refractivity contribution is 0.0699. The Morgan fingerprint density at radius 3 is 2.52 bits per heavy atom. The van der Waals surface area contributed by atoms with E-state index in [1.54, 1.807) is 5.38 Å². The number of carbonyl (C=O) groups is 2. The Kier molecular flexibility index (Phi) is 4.47. The van der Waals surface area contributed by atoms with Gasteiger partial charge in [-0.25, -0.2) is 9.78 Å². The molecule has 2 aromatic carbocycles. The number of para-hydroxylation sites is 1. The largest absolute Gasteiger partial charge is 0.478 e. The molecule has 0 fully saturated rings. The van der Waals surface area contributed by atoms with Crippen LogP contribution in [0.15, 0.2) is 53.9 Å². The molecule has 0 aliphatic rings. The third-order valence-corrected chi connectivity index (χ3v) is 6.01. The highest BCUT2D eigenvalue weighted by molar-refractivity contribution is 7.20. The Balaban J connectivity index is 1.68. The van der Waals surface area contributed by atoms with Crippen molar-refractivity contribution in [1.29, 1.82) is 0 Å². The van der Waals surface area contributed by atoms with Gasteiger partial charge in [-0.1, -0.05) is 42.0 Å². The third-order valence-electron chi connectivity index (χ3n) is 4.08. The SMILES string of the molecule is Cc1ccc(-c2csc(NC(=O)c3nc4ccccc4s3)c2C(=O)O)cc1. The van der Waals surface area contributed by atoms with Crippen LogP contribution in [-0.2, 0) is 0 Å². The number of aryl methyl sites for hydroxylation is 1. The Morgan fingerprint density at radius 2 is 1.81 bits per heavy atom. The minimum Gasteiger partial charge on any atom is -0.478 e. The number of nitrogens with zero attached hydrogens (tertiary/aromatic N) is 1. The second-order valence-electron chi connectivity index (χ2n) is 5.97. The van der Waals surface area contributed by atoms with Gasteiger partial charge in [-0.3, -0.25) is 4.79 Å². The molecule has 2 aromatic heterocycles. The summed E-state index contributed by atoms with van der Waals surface area (Å²) in [6.07, 6.45) is 0. The molecule has 0 bridgehead atoms. The van der Waals surface area contributed by atoms with E-state index in [0.717, 1.165) is 21.3 Å². The fourth-order valence-corrected chi connectivity index (χ4v) is 4.55. The van der Waals surface area contributed by atoms with E-state index in [2.05, 4.69) is 10.3 Å². The van der Waals surface area contributed by atoms with E-state index in [-0.39, 0.29) is 5.56 Å². The summed E-state index contributed by atoms with van der Waals surface area (Å²) in [6.45, 7) is 1.97. The van der Waals surface area contributed by atoms with Crippen LogP contribution >= 0.6 is 22.7 Å². The smallest absolute Gasteiger partial charge is 0.339 e. The Hall–Kier alpha value is -3.03. The van der Waals surface area contributed by atoms with E-state index in [0.29, 0.717) is 15.6 Å². The van der Waals surface area contributed by atoms with Gasteiger partial charge in [-0.2, -0.15) is 0 Å². The van der Waals surface area contributed by atoms with Crippen molar-refractivity contribution in [3.05, 3.63) is 70.0 Å². The van der Waals surface area contributed by atoms with Crippen LogP contribution in [0.1, 0.15) is 25.7 Å². The predicted molar refractivity (Wildman–Crippen MR) is 109 cm³/mol. The molecule has 1 amide bonds. The normalized spacial score (nSPS) is 10.9. The standard InChI is InChI=1S/C20H14N2O3S2/c1-11-6-8-12(9-7-11)13-10-26-18(16(13)20(24)25)22-17(23)19-21-14-4-2-3-5-15(14)27-19/h2-10H,1H3,(H,22,23)(H,24,25). The van der Waals surface area contributed by atoms with Crippen molar-refractivity contribution in [3.63, 3.8) is 0 Å². The second kappa shape index (κ2) is 6.94. The summed E-state index contributed by atoms with van der Waals surface area (Å²) in [6, 6.07) is 15.1. The average Bonchev–Trinajstić information content (AvgIpc) is 3.26. The lowest BCUT2D eigenvalue weighted by Crippen LogP contribution is -2.13. The molecular formula is C20H14N2O3S2.